The molecule has 170 valence electrons. The van der Waals surface area contributed by atoms with Crippen LogP contribution in [0.4, 0.5) is 17.6 Å². The first-order chi connectivity index (χ1) is 15.7. The van der Waals surface area contributed by atoms with E-state index in [1.54, 1.807) is 12.3 Å². The second-order valence-electron chi connectivity index (χ2n) is 7.17. The highest BCUT2D eigenvalue weighted by Gasteiger charge is 2.32. The number of alkyl halides is 3. The molecule has 3 heterocycles. The van der Waals surface area contributed by atoms with Crippen molar-refractivity contribution in [3.8, 4) is 17.6 Å². The molecule has 4 rings (SSSR count). The third-order valence-corrected chi connectivity index (χ3v) is 5.31. The molecule has 0 atom stereocenters. The van der Waals surface area contributed by atoms with Gasteiger partial charge in [0.1, 0.15) is 23.2 Å². The monoisotopic (exact) mass is 479 g/mol. The van der Waals surface area contributed by atoms with Crippen molar-refractivity contribution >= 4 is 17.5 Å². The average Bonchev–Trinajstić information content (AvgIpc) is 3.20. The summed E-state index contributed by atoms with van der Waals surface area (Å²) in [6, 6.07) is 6.82. The number of carbonyl (C=O) groups is 1. The molecule has 2 aromatic heterocycles. The average molecular weight is 480 g/mol. The van der Waals surface area contributed by atoms with E-state index in [4.69, 9.17) is 16.3 Å². The molecule has 0 spiro atoms. The Morgan fingerprint density at radius 3 is 2.73 bits per heavy atom. The molecule has 0 saturated carbocycles. The van der Waals surface area contributed by atoms with Gasteiger partial charge in [-0.1, -0.05) is 11.6 Å². The normalized spacial score (nSPS) is 13.4. The Morgan fingerprint density at radius 2 is 2.06 bits per heavy atom. The van der Waals surface area contributed by atoms with Gasteiger partial charge >= 0.3 is 6.18 Å². The summed E-state index contributed by atoms with van der Waals surface area (Å²) in [6.45, 7) is -1.30. The van der Waals surface area contributed by atoms with Gasteiger partial charge in [-0.3, -0.25) is 4.79 Å². The minimum absolute atomic E-state index is 0.0627. The quantitative estimate of drug-likeness (QED) is 0.527. The van der Waals surface area contributed by atoms with Crippen LogP contribution in [0.3, 0.4) is 0 Å². The molecule has 0 aliphatic carbocycles. The lowest BCUT2D eigenvalue weighted by Gasteiger charge is -2.27. The highest BCUT2D eigenvalue weighted by molar-refractivity contribution is 6.35. The minimum atomic E-state index is -4.62. The van der Waals surface area contributed by atoms with Crippen LogP contribution in [-0.4, -0.2) is 44.9 Å². The number of rotatable bonds is 4. The Kier molecular flexibility index (Phi) is 5.95. The SMILES string of the molecule is N#Cc1ccc(OCC(F)(F)F)c(C(=O)N2CCc3nn(-c4ccc(F)cn4)cc3C2)c1Cl. The van der Waals surface area contributed by atoms with Crippen molar-refractivity contribution in [3.05, 3.63) is 69.9 Å². The number of carbonyl (C=O) groups excluding carboxylic acids is 1. The largest absolute Gasteiger partial charge is 0.483 e. The smallest absolute Gasteiger partial charge is 0.422 e. The van der Waals surface area contributed by atoms with Gasteiger partial charge in [0.25, 0.3) is 5.91 Å². The summed E-state index contributed by atoms with van der Waals surface area (Å²) in [6.07, 6.45) is -1.56. The number of hydrogen-bond acceptors (Lipinski definition) is 5. The number of halogens is 5. The number of pyridine rings is 1. The molecule has 1 aliphatic heterocycles. The van der Waals surface area contributed by atoms with E-state index in [0.717, 1.165) is 12.3 Å². The zero-order chi connectivity index (χ0) is 23.8. The molecule has 0 bridgehead atoms. The molecular formula is C21H14ClF4N5O2. The van der Waals surface area contributed by atoms with E-state index < -0.39 is 24.5 Å². The summed E-state index contributed by atoms with van der Waals surface area (Å²) in [5.74, 6) is -1.14. The Labute approximate surface area is 189 Å². The highest BCUT2D eigenvalue weighted by atomic mass is 35.5. The van der Waals surface area contributed by atoms with Gasteiger partial charge in [-0.25, -0.2) is 14.1 Å². The molecule has 3 aromatic rings. The van der Waals surface area contributed by atoms with Crippen molar-refractivity contribution < 1.29 is 27.1 Å². The van der Waals surface area contributed by atoms with Crippen molar-refractivity contribution in [2.75, 3.05) is 13.2 Å². The highest BCUT2D eigenvalue weighted by Crippen LogP contribution is 2.33. The number of fused-ring (bicyclic) bond motifs is 1. The molecule has 7 nitrogen and oxygen atoms in total. The Morgan fingerprint density at radius 1 is 1.27 bits per heavy atom. The van der Waals surface area contributed by atoms with Gasteiger partial charge in [-0.05, 0) is 24.3 Å². The fourth-order valence-corrected chi connectivity index (χ4v) is 3.67. The fraction of sp³-hybridized carbons (Fsp3) is 0.238. The second kappa shape index (κ2) is 8.71. The first-order valence-electron chi connectivity index (χ1n) is 9.57. The van der Waals surface area contributed by atoms with Crippen molar-refractivity contribution in [1.82, 2.24) is 19.7 Å². The molecule has 0 unspecified atom stereocenters. The molecule has 1 aliphatic rings. The van der Waals surface area contributed by atoms with Crippen LogP contribution in [-0.2, 0) is 13.0 Å². The van der Waals surface area contributed by atoms with Gasteiger partial charge in [0.15, 0.2) is 12.4 Å². The molecule has 1 amide bonds. The third kappa shape index (κ3) is 4.75. The molecule has 1 aromatic carbocycles. The van der Waals surface area contributed by atoms with Crippen LogP contribution in [0.1, 0.15) is 27.2 Å². The molecule has 12 heteroatoms. The molecular weight excluding hydrogens is 466 g/mol. The van der Waals surface area contributed by atoms with Crippen LogP contribution >= 0.6 is 11.6 Å². The maximum atomic E-state index is 13.2. The third-order valence-electron chi connectivity index (χ3n) is 4.92. The number of nitriles is 1. The van der Waals surface area contributed by atoms with E-state index in [2.05, 4.69) is 10.1 Å². The van der Waals surface area contributed by atoms with Gasteiger partial charge in [0.2, 0.25) is 0 Å². The van der Waals surface area contributed by atoms with Gasteiger partial charge in [0.05, 0.1) is 22.5 Å². The molecule has 0 radical (unpaired) electrons. The zero-order valence-corrected chi connectivity index (χ0v) is 17.5. The van der Waals surface area contributed by atoms with Gasteiger partial charge in [-0.2, -0.15) is 23.5 Å². The maximum absolute atomic E-state index is 13.2. The zero-order valence-electron chi connectivity index (χ0n) is 16.7. The second-order valence-corrected chi connectivity index (χ2v) is 7.55. The minimum Gasteiger partial charge on any atom is -0.483 e. The number of ether oxygens (including phenoxy) is 1. The summed E-state index contributed by atoms with van der Waals surface area (Å²) < 4.78 is 57.4. The standard InChI is InChI=1S/C21H14ClF4N5O2/c22-19-12(7-27)1-3-16(33-11-21(24,25)26)18(19)20(32)30-6-5-15-13(9-30)10-31(29-15)17-4-2-14(23)8-28-17/h1-4,8,10H,5-6,9,11H2. The number of benzene rings is 1. The van der Waals surface area contributed by atoms with Crippen molar-refractivity contribution in [2.45, 2.75) is 19.1 Å². The summed E-state index contributed by atoms with van der Waals surface area (Å²) in [7, 11) is 0. The molecule has 0 saturated heterocycles. The van der Waals surface area contributed by atoms with E-state index in [1.807, 2.05) is 0 Å². The number of hydrogen-bond donors (Lipinski definition) is 0. The van der Waals surface area contributed by atoms with Crippen molar-refractivity contribution in [1.29, 1.82) is 5.26 Å². The molecule has 33 heavy (non-hydrogen) atoms. The van der Waals surface area contributed by atoms with Crippen LogP contribution in [0, 0.1) is 17.1 Å². The Hall–Kier alpha value is -3.65. The lowest BCUT2D eigenvalue weighted by molar-refractivity contribution is -0.153. The van der Waals surface area contributed by atoms with E-state index in [9.17, 15) is 27.6 Å². The van der Waals surface area contributed by atoms with Crippen LogP contribution in [0.15, 0.2) is 36.7 Å². The van der Waals surface area contributed by atoms with E-state index in [-0.39, 0.29) is 35.0 Å². The maximum Gasteiger partial charge on any atom is 0.422 e. The van der Waals surface area contributed by atoms with Crippen LogP contribution in [0.2, 0.25) is 5.02 Å². The van der Waals surface area contributed by atoms with E-state index >= 15 is 0 Å². The fourth-order valence-electron chi connectivity index (χ4n) is 3.39. The summed E-state index contributed by atoms with van der Waals surface area (Å²) in [5, 5.41) is 13.4. The summed E-state index contributed by atoms with van der Waals surface area (Å²) >= 11 is 6.19. The van der Waals surface area contributed by atoms with Crippen LogP contribution in [0.5, 0.6) is 5.75 Å². The lowest BCUT2D eigenvalue weighted by Crippen LogP contribution is -2.36. The number of nitrogens with zero attached hydrogens (tertiary/aromatic N) is 5. The van der Waals surface area contributed by atoms with E-state index in [1.165, 1.54) is 27.8 Å². The molecule has 0 N–H and O–H groups in total. The first kappa shape index (κ1) is 22.5. The van der Waals surface area contributed by atoms with Crippen LogP contribution in [0.25, 0.3) is 5.82 Å². The predicted molar refractivity (Wildman–Crippen MR) is 107 cm³/mol. The van der Waals surface area contributed by atoms with Gasteiger partial charge in [0, 0.05) is 31.3 Å². The lowest BCUT2D eigenvalue weighted by atomic mass is 10.0. The topological polar surface area (TPSA) is 84.0 Å². The predicted octanol–water partition coefficient (Wildman–Crippen LogP) is 4.07. The Bertz CT molecular complexity index is 1250. The van der Waals surface area contributed by atoms with Crippen molar-refractivity contribution in [3.63, 3.8) is 0 Å². The van der Waals surface area contributed by atoms with Gasteiger partial charge in [-0.15, -0.1) is 0 Å². The molecule has 0 fully saturated rings. The Balaban J connectivity index is 1.62. The summed E-state index contributed by atoms with van der Waals surface area (Å²) in [5.41, 5.74) is 1.02. The first-order valence-corrected chi connectivity index (χ1v) is 9.95. The van der Waals surface area contributed by atoms with Crippen molar-refractivity contribution in [2.24, 2.45) is 0 Å². The summed E-state index contributed by atoms with van der Waals surface area (Å²) in [4.78, 5) is 18.6. The van der Waals surface area contributed by atoms with Crippen LogP contribution < -0.4 is 4.74 Å². The van der Waals surface area contributed by atoms with Gasteiger partial charge < -0.3 is 9.64 Å². The van der Waals surface area contributed by atoms with E-state index in [0.29, 0.717) is 23.5 Å². The number of aromatic nitrogens is 3. The number of amides is 1.